The molecule has 1 N–H and O–H groups in total. The average molecular weight is 356 g/mol. The van der Waals surface area contributed by atoms with Gasteiger partial charge in [-0.1, -0.05) is 48.1 Å². The van der Waals surface area contributed by atoms with Crippen molar-refractivity contribution in [1.29, 1.82) is 0 Å². The van der Waals surface area contributed by atoms with Crippen LogP contribution in [0, 0.1) is 5.92 Å². The minimum Gasteiger partial charge on any atom is -0.338 e. The van der Waals surface area contributed by atoms with Gasteiger partial charge in [-0.2, -0.15) is 0 Å². The van der Waals surface area contributed by atoms with Crippen LogP contribution in [0.4, 0.5) is 5.13 Å². The lowest BCUT2D eigenvalue weighted by atomic mass is 9.86. The molecule has 1 aliphatic carbocycles. The Balaban J connectivity index is 1.34. The van der Waals surface area contributed by atoms with Gasteiger partial charge in [-0.25, -0.2) is 0 Å². The molecule has 2 amide bonds. The number of likely N-dealkylation sites (tertiary alicyclic amines) is 1. The number of nitrogens with one attached hydrogen (secondary N) is 1. The van der Waals surface area contributed by atoms with Crippen LogP contribution in [0.15, 0.2) is 30.3 Å². The molecule has 1 aromatic carbocycles. The van der Waals surface area contributed by atoms with E-state index in [-0.39, 0.29) is 24.2 Å². The minimum atomic E-state index is -0.327. The quantitative estimate of drug-likeness (QED) is 0.894. The first-order valence-electron chi connectivity index (χ1n) is 8.65. The molecule has 130 valence electrons. The van der Waals surface area contributed by atoms with E-state index >= 15 is 0 Å². The zero-order valence-corrected chi connectivity index (χ0v) is 14.7. The lowest BCUT2D eigenvalue weighted by molar-refractivity contribution is -0.128. The van der Waals surface area contributed by atoms with Gasteiger partial charge in [0.1, 0.15) is 5.01 Å². The molecule has 0 radical (unpaired) electrons. The third kappa shape index (κ3) is 3.56. The highest BCUT2D eigenvalue weighted by Gasteiger charge is 2.34. The third-order valence-electron chi connectivity index (χ3n) is 4.93. The number of anilines is 1. The standard InChI is InChI=1S/C18H20N4O2S/c23-15-9-14(11-22(15)10-12-5-2-1-3-6-12)16(24)19-18-21-20-17(25-18)13-7-4-8-13/h1-3,5-6,13-14H,4,7-11H2,(H,19,21,24)/t14-/m0/s1. The number of aromatic nitrogens is 2. The monoisotopic (exact) mass is 356 g/mol. The summed E-state index contributed by atoms with van der Waals surface area (Å²) in [5.74, 6) is 0.0708. The average Bonchev–Trinajstić information content (AvgIpc) is 3.14. The van der Waals surface area contributed by atoms with E-state index in [0.29, 0.717) is 24.1 Å². The van der Waals surface area contributed by atoms with Crippen LogP contribution in [0.25, 0.3) is 0 Å². The molecule has 0 unspecified atom stereocenters. The molecule has 7 heteroatoms. The highest BCUT2D eigenvalue weighted by molar-refractivity contribution is 7.15. The van der Waals surface area contributed by atoms with E-state index in [2.05, 4.69) is 15.5 Å². The Morgan fingerprint density at radius 3 is 2.76 bits per heavy atom. The molecular formula is C18H20N4O2S. The lowest BCUT2D eigenvalue weighted by Crippen LogP contribution is -2.28. The van der Waals surface area contributed by atoms with Crippen molar-refractivity contribution in [2.24, 2.45) is 5.92 Å². The van der Waals surface area contributed by atoms with Gasteiger partial charge in [0, 0.05) is 25.4 Å². The van der Waals surface area contributed by atoms with Crippen molar-refractivity contribution in [3.63, 3.8) is 0 Å². The molecule has 2 fully saturated rings. The predicted octanol–water partition coefficient (Wildman–Crippen LogP) is 2.79. The van der Waals surface area contributed by atoms with E-state index in [9.17, 15) is 9.59 Å². The van der Waals surface area contributed by atoms with E-state index in [1.807, 2.05) is 30.3 Å². The summed E-state index contributed by atoms with van der Waals surface area (Å²) in [5.41, 5.74) is 1.08. The highest BCUT2D eigenvalue weighted by atomic mass is 32.1. The van der Waals surface area contributed by atoms with E-state index < -0.39 is 0 Å². The molecule has 1 aromatic heterocycles. The van der Waals surface area contributed by atoms with Crippen LogP contribution in [0.3, 0.4) is 0 Å². The third-order valence-corrected chi connectivity index (χ3v) is 5.93. The second-order valence-electron chi connectivity index (χ2n) is 6.72. The number of hydrogen-bond acceptors (Lipinski definition) is 5. The van der Waals surface area contributed by atoms with Crippen molar-refractivity contribution in [3.8, 4) is 0 Å². The molecule has 0 spiro atoms. The van der Waals surface area contributed by atoms with Crippen LogP contribution in [-0.2, 0) is 16.1 Å². The summed E-state index contributed by atoms with van der Waals surface area (Å²) < 4.78 is 0. The maximum absolute atomic E-state index is 12.5. The minimum absolute atomic E-state index is 0.0245. The van der Waals surface area contributed by atoms with Gasteiger partial charge in [0.15, 0.2) is 0 Å². The van der Waals surface area contributed by atoms with E-state index in [0.717, 1.165) is 23.4 Å². The van der Waals surface area contributed by atoms with Crippen LogP contribution in [0.1, 0.15) is 42.2 Å². The van der Waals surface area contributed by atoms with Crippen molar-refractivity contribution in [2.75, 3.05) is 11.9 Å². The summed E-state index contributed by atoms with van der Waals surface area (Å²) in [7, 11) is 0. The molecular weight excluding hydrogens is 336 g/mol. The molecule has 1 saturated carbocycles. The second kappa shape index (κ2) is 6.92. The van der Waals surface area contributed by atoms with Crippen LogP contribution < -0.4 is 5.32 Å². The molecule has 1 saturated heterocycles. The molecule has 2 aromatic rings. The van der Waals surface area contributed by atoms with E-state index in [4.69, 9.17) is 0 Å². The van der Waals surface area contributed by atoms with Crippen molar-refractivity contribution in [3.05, 3.63) is 40.9 Å². The van der Waals surface area contributed by atoms with Crippen LogP contribution >= 0.6 is 11.3 Å². The first kappa shape index (κ1) is 16.2. The SMILES string of the molecule is O=C(Nc1nnc(C2CCC2)s1)[C@H]1CC(=O)N(Cc2ccccc2)C1. The second-order valence-corrected chi connectivity index (χ2v) is 7.73. The van der Waals surface area contributed by atoms with Crippen LogP contribution in [0.2, 0.25) is 0 Å². The van der Waals surface area contributed by atoms with Gasteiger partial charge in [0.05, 0.1) is 5.92 Å². The van der Waals surface area contributed by atoms with Gasteiger partial charge in [-0.15, -0.1) is 10.2 Å². The smallest absolute Gasteiger partial charge is 0.231 e. The Bertz CT molecular complexity index is 772. The molecule has 1 aliphatic heterocycles. The summed E-state index contributed by atoms with van der Waals surface area (Å²) >= 11 is 1.46. The first-order chi connectivity index (χ1) is 12.2. The Labute approximate surface area is 150 Å². The topological polar surface area (TPSA) is 75.2 Å². The summed E-state index contributed by atoms with van der Waals surface area (Å²) in [6.45, 7) is 1.00. The van der Waals surface area contributed by atoms with Crippen LogP contribution in [-0.4, -0.2) is 33.5 Å². The van der Waals surface area contributed by atoms with Gasteiger partial charge in [-0.05, 0) is 18.4 Å². The fourth-order valence-corrected chi connectivity index (χ4v) is 4.13. The van der Waals surface area contributed by atoms with Crippen molar-refractivity contribution in [1.82, 2.24) is 15.1 Å². The largest absolute Gasteiger partial charge is 0.338 e. The normalized spacial score (nSPS) is 20.6. The number of amides is 2. The molecule has 2 aliphatic rings. The maximum Gasteiger partial charge on any atom is 0.231 e. The molecule has 4 rings (SSSR count). The van der Waals surface area contributed by atoms with E-state index in [1.165, 1.54) is 17.8 Å². The lowest BCUT2D eigenvalue weighted by Gasteiger charge is -2.21. The number of nitrogens with zero attached hydrogens (tertiary/aromatic N) is 3. The number of carbonyl (C=O) groups excluding carboxylic acids is 2. The van der Waals surface area contributed by atoms with Crippen molar-refractivity contribution >= 4 is 28.3 Å². The van der Waals surface area contributed by atoms with Gasteiger partial charge in [0.2, 0.25) is 16.9 Å². The number of rotatable bonds is 5. The van der Waals surface area contributed by atoms with Gasteiger partial charge < -0.3 is 10.2 Å². The van der Waals surface area contributed by atoms with Crippen molar-refractivity contribution in [2.45, 2.75) is 38.1 Å². The zero-order chi connectivity index (χ0) is 17.2. The molecule has 1 atom stereocenters. The Kier molecular flexibility index (Phi) is 4.48. The van der Waals surface area contributed by atoms with Crippen molar-refractivity contribution < 1.29 is 9.59 Å². The Morgan fingerprint density at radius 1 is 1.24 bits per heavy atom. The summed E-state index contributed by atoms with van der Waals surface area (Å²) in [4.78, 5) is 26.4. The summed E-state index contributed by atoms with van der Waals surface area (Å²) in [6, 6.07) is 9.84. The summed E-state index contributed by atoms with van der Waals surface area (Å²) in [6.07, 6.45) is 3.82. The zero-order valence-electron chi connectivity index (χ0n) is 13.9. The van der Waals surface area contributed by atoms with Crippen LogP contribution in [0.5, 0.6) is 0 Å². The summed E-state index contributed by atoms with van der Waals surface area (Å²) in [5, 5.41) is 12.6. The predicted molar refractivity (Wildman–Crippen MR) is 95.1 cm³/mol. The number of carbonyl (C=O) groups is 2. The molecule has 6 nitrogen and oxygen atoms in total. The van der Waals surface area contributed by atoms with Gasteiger partial charge in [-0.3, -0.25) is 9.59 Å². The maximum atomic E-state index is 12.5. The Morgan fingerprint density at radius 2 is 2.04 bits per heavy atom. The fraction of sp³-hybridized carbons (Fsp3) is 0.444. The fourth-order valence-electron chi connectivity index (χ4n) is 3.22. The first-order valence-corrected chi connectivity index (χ1v) is 9.46. The number of benzene rings is 1. The van der Waals surface area contributed by atoms with Gasteiger partial charge >= 0.3 is 0 Å². The van der Waals surface area contributed by atoms with E-state index in [1.54, 1.807) is 4.90 Å². The van der Waals surface area contributed by atoms with Gasteiger partial charge in [0.25, 0.3) is 0 Å². The Hall–Kier alpha value is -2.28. The molecule has 25 heavy (non-hydrogen) atoms. The molecule has 2 heterocycles. The molecule has 0 bridgehead atoms. The highest BCUT2D eigenvalue weighted by Crippen LogP contribution is 2.38. The number of hydrogen-bond donors (Lipinski definition) is 1.